The van der Waals surface area contributed by atoms with E-state index in [4.69, 9.17) is 17.4 Å². The molecule has 1 saturated carbocycles. The van der Waals surface area contributed by atoms with Crippen LogP contribution < -0.4 is 11.3 Å². The van der Waals surface area contributed by atoms with Gasteiger partial charge in [-0.15, -0.1) is 0 Å². The second kappa shape index (κ2) is 5.60. The predicted molar refractivity (Wildman–Crippen MR) is 77.6 cm³/mol. The molecule has 18 heavy (non-hydrogen) atoms. The zero-order chi connectivity index (χ0) is 13.2. The molecule has 0 radical (unpaired) electrons. The Balaban J connectivity index is 2.15. The number of hydrogen-bond acceptors (Lipinski definition) is 2. The lowest BCUT2D eigenvalue weighted by atomic mass is 9.78. The molecule has 0 aliphatic heterocycles. The zero-order valence-corrected chi connectivity index (χ0v) is 12.1. The van der Waals surface area contributed by atoms with Crippen LogP contribution in [0.25, 0.3) is 0 Å². The van der Waals surface area contributed by atoms with Gasteiger partial charge in [0.2, 0.25) is 0 Å². The molecule has 0 aromatic heterocycles. The lowest BCUT2D eigenvalue weighted by molar-refractivity contribution is 0.221. The van der Waals surface area contributed by atoms with E-state index in [1.165, 1.54) is 36.8 Å². The van der Waals surface area contributed by atoms with Gasteiger partial charge in [0.15, 0.2) is 0 Å². The van der Waals surface area contributed by atoms with E-state index in [9.17, 15) is 0 Å². The van der Waals surface area contributed by atoms with Crippen LogP contribution in [0.15, 0.2) is 18.2 Å². The highest BCUT2D eigenvalue weighted by Crippen LogP contribution is 2.41. The average Bonchev–Trinajstić information content (AvgIpc) is 2.76. The molecule has 100 valence electrons. The van der Waals surface area contributed by atoms with Crippen LogP contribution in [0.1, 0.15) is 43.7 Å². The summed E-state index contributed by atoms with van der Waals surface area (Å²) >= 11 is 6.31. The van der Waals surface area contributed by atoms with Crippen molar-refractivity contribution in [3.8, 4) is 0 Å². The summed E-state index contributed by atoms with van der Waals surface area (Å²) in [5.41, 5.74) is 5.72. The van der Waals surface area contributed by atoms with Gasteiger partial charge in [0.05, 0.1) is 0 Å². The van der Waals surface area contributed by atoms with E-state index >= 15 is 0 Å². The first kappa shape index (κ1) is 13.9. The quantitative estimate of drug-likeness (QED) is 0.645. The molecule has 3 N–H and O–H groups in total. The van der Waals surface area contributed by atoms with E-state index in [2.05, 4.69) is 31.4 Å². The molecule has 1 fully saturated rings. The predicted octanol–water partition coefficient (Wildman–Crippen LogP) is 3.60. The maximum absolute atomic E-state index is 6.31. The molecule has 0 amide bonds. The Kier molecular flexibility index (Phi) is 4.31. The molecule has 0 bridgehead atoms. The van der Waals surface area contributed by atoms with Gasteiger partial charge in [-0.2, -0.15) is 0 Å². The number of hydrogen-bond donors (Lipinski definition) is 2. The second-order valence-corrected chi connectivity index (χ2v) is 6.29. The molecule has 1 unspecified atom stereocenters. The Morgan fingerprint density at radius 3 is 2.61 bits per heavy atom. The van der Waals surface area contributed by atoms with Crippen molar-refractivity contribution >= 4 is 11.6 Å². The van der Waals surface area contributed by atoms with Crippen LogP contribution in [0.3, 0.4) is 0 Å². The first-order valence-electron chi connectivity index (χ1n) is 6.76. The monoisotopic (exact) mass is 266 g/mol. The zero-order valence-electron chi connectivity index (χ0n) is 11.3. The fourth-order valence-corrected chi connectivity index (χ4v) is 3.39. The van der Waals surface area contributed by atoms with Crippen molar-refractivity contribution in [2.24, 2.45) is 11.3 Å². The van der Waals surface area contributed by atoms with Gasteiger partial charge in [-0.1, -0.05) is 43.5 Å². The van der Waals surface area contributed by atoms with E-state index in [1.54, 1.807) is 0 Å². The van der Waals surface area contributed by atoms with Crippen LogP contribution in [0.4, 0.5) is 0 Å². The number of hydrazine groups is 1. The second-order valence-electron chi connectivity index (χ2n) is 5.88. The maximum Gasteiger partial charge on any atom is 0.0441 e. The van der Waals surface area contributed by atoms with Gasteiger partial charge in [-0.3, -0.25) is 11.3 Å². The van der Waals surface area contributed by atoms with Crippen LogP contribution in [0.2, 0.25) is 5.02 Å². The van der Waals surface area contributed by atoms with Gasteiger partial charge in [-0.05, 0) is 48.8 Å². The van der Waals surface area contributed by atoms with Gasteiger partial charge in [-0.25, -0.2) is 0 Å². The minimum atomic E-state index is 0.306. The molecule has 0 heterocycles. The minimum absolute atomic E-state index is 0.306. The molecule has 1 aromatic rings. The van der Waals surface area contributed by atoms with E-state index in [0.29, 0.717) is 11.5 Å². The molecule has 1 atom stereocenters. The highest BCUT2D eigenvalue weighted by molar-refractivity contribution is 6.31. The Morgan fingerprint density at radius 1 is 1.39 bits per heavy atom. The fourth-order valence-electron chi connectivity index (χ4n) is 3.08. The van der Waals surface area contributed by atoms with Crippen molar-refractivity contribution in [1.82, 2.24) is 5.43 Å². The molecule has 1 aliphatic carbocycles. The van der Waals surface area contributed by atoms with Crippen molar-refractivity contribution in [2.75, 3.05) is 0 Å². The number of rotatable bonds is 4. The molecule has 0 spiro atoms. The molecular formula is C15H23ClN2. The number of halogens is 1. The van der Waals surface area contributed by atoms with Gasteiger partial charge >= 0.3 is 0 Å². The molecule has 3 heteroatoms. The SMILES string of the molecule is Cc1ccc(CC(NN)C2(C)CCCC2)c(Cl)c1. The topological polar surface area (TPSA) is 38.0 Å². The number of aryl methyl sites for hydroxylation is 1. The molecular weight excluding hydrogens is 244 g/mol. The van der Waals surface area contributed by atoms with Crippen molar-refractivity contribution in [1.29, 1.82) is 0 Å². The van der Waals surface area contributed by atoms with Crippen LogP contribution in [0, 0.1) is 12.3 Å². The molecule has 2 nitrogen and oxygen atoms in total. The minimum Gasteiger partial charge on any atom is -0.271 e. The fraction of sp³-hybridized carbons (Fsp3) is 0.600. The maximum atomic E-state index is 6.31. The largest absolute Gasteiger partial charge is 0.271 e. The summed E-state index contributed by atoms with van der Waals surface area (Å²) in [6.07, 6.45) is 6.05. The van der Waals surface area contributed by atoms with E-state index in [1.807, 2.05) is 6.07 Å². The van der Waals surface area contributed by atoms with Crippen LogP contribution in [0.5, 0.6) is 0 Å². The molecule has 1 aliphatic rings. The number of nitrogens with two attached hydrogens (primary N) is 1. The lowest BCUT2D eigenvalue weighted by Gasteiger charge is -2.34. The Hall–Kier alpha value is -0.570. The molecule has 1 aromatic carbocycles. The summed E-state index contributed by atoms with van der Waals surface area (Å²) in [5, 5.41) is 0.858. The van der Waals surface area contributed by atoms with Crippen LogP contribution in [-0.4, -0.2) is 6.04 Å². The van der Waals surface area contributed by atoms with Gasteiger partial charge in [0.1, 0.15) is 0 Å². The Bertz CT molecular complexity index is 411. The summed E-state index contributed by atoms with van der Waals surface area (Å²) in [7, 11) is 0. The highest BCUT2D eigenvalue weighted by atomic mass is 35.5. The van der Waals surface area contributed by atoms with Crippen molar-refractivity contribution in [3.05, 3.63) is 34.3 Å². The van der Waals surface area contributed by atoms with Crippen LogP contribution in [-0.2, 0) is 6.42 Å². The smallest absolute Gasteiger partial charge is 0.0441 e. The highest BCUT2D eigenvalue weighted by Gasteiger charge is 2.36. The first-order valence-corrected chi connectivity index (χ1v) is 7.14. The Morgan fingerprint density at radius 2 is 2.06 bits per heavy atom. The summed E-state index contributed by atoms with van der Waals surface area (Å²) in [6.45, 7) is 4.40. The summed E-state index contributed by atoms with van der Waals surface area (Å²) in [5.74, 6) is 5.77. The molecule has 2 rings (SSSR count). The lowest BCUT2D eigenvalue weighted by Crippen LogP contribution is -2.47. The standard InChI is InChI=1S/C15H23ClN2/c1-11-5-6-12(13(16)9-11)10-14(18-17)15(2)7-3-4-8-15/h5-6,9,14,18H,3-4,7-8,10,17H2,1-2H3. The molecule has 0 saturated heterocycles. The van der Waals surface area contributed by atoms with Gasteiger partial charge in [0.25, 0.3) is 0 Å². The third-order valence-corrected chi connectivity index (χ3v) is 4.77. The van der Waals surface area contributed by atoms with Gasteiger partial charge < -0.3 is 0 Å². The Labute approximate surface area is 115 Å². The average molecular weight is 267 g/mol. The summed E-state index contributed by atoms with van der Waals surface area (Å²) < 4.78 is 0. The first-order chi connectivity index (χ1) is 8.55. The van der Waals surface area contributed by atoms with Crippen LogP contribution >= 0.6 is 11.6 Å². The van der Waals surface area contributed by atoms with Crippen molar-refractivity contribution in [2.45, 2.75) is 52.0 Å². The number of nitrogens with one attached hydrogen (secondary N) is 1. The third-order valence-electron chi connectivity index (χ3n) is 4.42. The third kappa shape index (κ3) is 2.87. The summed E-state index contributed by atoms with van der Waals surface area (Å²) in [6, 6.07) is 6.58. The summed E-state index contributed by atoms with van der Waals surface area (Å²) in [4.78, 5) is 0. The van der Waals surface area contributed by atoms with Gasteiger partial charge in [0, 0.05) is 11.1 Å². The van der Waals surface area contributed by atoms with E-state index < -0.39 is 0 Å². The van der Waals surface area contributed by atoms with E-state index in [0.717, 1.165) is 11.4 Å². The normalized spacial score (nSPS) is 20.0. The van der Waals surface area contributed by atoms with Crippen molar-refractivity contribution in [3.63, 3.8) is 0 Å². The van der Waals surface area contributed by atoms with Crippen molar-refractivity contribution < 1.29 is 0 Å². The number of benzene rings is 1. The van der Waals surface area contributed by atoms with E-state index in [-0.39, 0.29) is 0 Å².